The Kier molecular flexibility index (Phi) is 4.40. The van der Waals surface area contributed by atoms with Gasteiger partial charge in [0.25, 0.3) is 0 Å². The molecule has 1 atom stereocenters. The highest BCUT2D eigenvalue weighted by Crippen LogP contribution is 2.25. The number of aromatic nitrogens is 3. The molecule has 0 spiro atoms. The molecule has 0 radical (unpaired) electrons. The maximum atomic E-state index is 5.90. The molecule has 0 bridgehead atoms. The molecule has 0 amide bonds. The van der Waals surface area contributed by atoms with E-state index >= 15 is 0 Å². The van der Waals surface area contributed by atoms with E-state index in [1.165, 1.54) is 5.56 Å². The van der Waals surface area contributed by atoms with Crippen LogP contribution in [0.4, 0.5) is 0 Å². The van der Waals surface area contributed by atoms with Crippen LogP contribution in [0.1, 0.15) is 28.8 Å². The Morgan fingerprint density at radius 3 is 3.08 bits per heavy atom. The average molecular weight is 324 g/mol. The molecule has 1 aliphatic rings. The first-order valence-electron chi connectivity index (χ1n) is 8.19. The first-order chi connectivity index (χ1) is 11.9. The Labute approximate surface area is 140 Å². The van der Waals surface area contributed by atoms with Crippen molar-refractivity contribution in [3.8, 4) is 0 Å². The second-order valence-corrected chi connectivity index (χ2v) is 5.88. The van der Waals surface area contributed by atoms with Crippen LogP contribution in [0.2, 0.25) is 0 Å². The minimum atomic E-state index is -0.0197. The maximum absolute atomic E-state index is 5.90. The van der Waals surface area contributed by atoms with Crippen molar-refractivity contribution in [1.29, 1.82) is 0 Å². The summed E-state index contributed by atoms with van der Waals surface area (Å²) in [5.74, 6) is 0.923. The summed E-state index contributed by atoms with van der Waals surface area (Å²) in [6.45, 7) is 2.82. The van der Waals surface area contributed by atoms with E-state index in [1.807, 2.05) is 41.2 Å². The molecule has 124 valence electrons. The lowest BCUT2D eigenvalue weighted by molar-refractivity contribution is 0.0390. The van der Waals surface area contributed by atoms with Gasteiger partial charge in [0, 0.05) is 18.9 Å². The van der Waals surface area contributed by atoms with Gasteiger partial charge in [-0.05, 0) is 36.2 Å². The number of fused-ring (bicyclic) bond motifs is 1. The molecule has 6 heteroatoms. The third kappa shape index (κ3) is 3.39. The van der Waals surface area contributed by atoms with E-state index in [1.54, 1.807) is 6.26 Å². The predicted octanol–water partition coefficient (Wildman–Crippen LogP) is 2.32. The number of hydrogen-bond donors (Lipinski definition) is 1. The lowest BCUT2D eigenvalue weighted by Crippen LogP contribution is -2.27. The van der Waals surface area contributed by atoms with Gasteiger partial charge in [-0.1, -0.05) is 6.07 Å². The van der Waals surface area contributed by atoms with Gasteiger partial charge in [0.1, 0.15) is 11.9 Å². The van der Waals surface area contributed by atoms with E-state index in [9.17, 15) is 0 Å². The minimum Gasteiger partial charge on any atom is -0.468 e. The fourth-order valence-electron chi connectivity index (χ4n) is 2.97. The van der Waals surface area contributed by atoms with Crippen LogP contribution in [0, 0.1) is 0 Å². The summed E-state index contributed by atoms with van der Waals surface area (Å²) in [6.07, 6.45) is 6.50. The fourth-order valence-corrected chi connectivity index (χ4v) is 2.97. The van der Waals surface area contributed by atoms with Crippen molar-refractivity contribution >= 4 is 0 Å². The first-order valence-corrected chi connectivity index (χ1v) is 8.19. The van der Waals surface area contributed by atoms with Gasteiger partial charge in [-0.15, -0.1) is 0 Å². The Hall–Kier alpha value is -2.44. The molecule has 0 saturated heterocycles. The van der Waals surface area contributed by atoms with E-state index in [0.29, 0.717) is 19.6 Å². The van der Waals surface area contributed by atoms with Crippen molar-refractivity contribution in [2.75, 3.05) is 13.2 Å². The van der Waals surface area contributed by atoms with Gasteiger partial charge in [0.15, 0.2) is 0 Å². The lowest BCUT2D eigenvalue weighted by Gasteiger charge is -2.22. The molecule has 0 fully saturated rings. The van der Waals surface area contributed by atoms with E-state index in [4.69, 9.17) is 14.3 Å². The Morgan fingerprint density at radius 2 is 2.25 bits per heavy atom. The Balaban J connectivity index is 1.42. The Bertz CT molecular complexity index is 768. The van der Waals surface area contributed by atoms with Crippen LogP contribution in [0.25, 0.3) is 0 Å². The van der Waals surface area contributed by atoms with Crippen LogP contribution in [0.15, 0.2) is 53.4 Å². The SMILES string of the molecule is c1ccc(Cn2cc3c(n2)[C@@H](CNCc2ccco2)OCC3)nc1. The third-order valence-corrected chi connectivity index (χ3v) is 4.12. The van der Waals surface area contributed by atoms with Crippen LogP contribution in [-0.2, 0) is 24.2 Å². The van der Waals surface area contributed by atoms with E-state index in [-0.39, 0.29) is 6.10 Å². The molecule has 24 heavy (non-hydrogen) atoms. The zero-order valence-electron chi connectivity index (χ0n) is 13.4. The number of hydrogen-bond acceptors (Lipinski definition) is 5. The maximum Gasteiger partial charge on any atom is 0.117 e. The van der Waals surface area contributed by atoms with Gasteiger partial charge >= 0.3 is 0 Å². The zero-order valence-corrected chi connectivity index (χ0v) is 13.4. The smallest absolute Gasteiger partial charge is 0.117 e. The van der Waals surface area contributed by atoms with Crippen molar-refractivity contribution in [3.63, 3.8) is 0 Å². The van der Waals surface area contributed by atoms with Crippen molar-refractivity contribution in [3.05, 3.63) is 71.7 Å². The number of nitrogens with one attached hydrogen (secondary N) is 1. The molecule has 0 aromatic carbocycles. The number of furan rings is 1. The number of rotatable bonds is 6. The van der Waals surface area contributed by atoms with Crippen molar-refractivity contribution in [2.24, 2.45) is 0 Å². The summed E-state index contributed by atoms with van der Waals surface area (Å²) in [5, 5.41) is 8.11. The van der Waals surface area contributed by atoms with Gasteiger partial charge in [0.2, 0.25) is 0 Å². The normalized spacial score (nSPS) is 16.9. The van der Waals surface area contributed by atoms with E-state index in [0.717, 1.165) is 30.2 Å². The molecular weight excluding hydrogens is 304 g/mol. The van der Waals surface area contributed by atoms with Gasteiger partial charge in [-0.25, -0.2) is 0 Å². The van der Waals surface area contributed by atoms with Crippen molar-refractivity contribution in [2.45, 2.75) is 25.6 Å². The van der Waals surface area contributed by atoms with E-state index < -0.39 is 0 Å². The highest BCUT2D eigenvalue weighted by Gasteiger charge is 2.24. The summed E-state index contributed by atoms with van der Waals surface area (Å²) in [5.41, 5.74) is 3.30. The third-order valence-electron chi connectivity index (χ3n) is 4.12. The summed E-state index contributed by atoms with van der Waals surface area (Å²) < 4.78 is 13.2. The first kappa shape index (κ1) is 15.1. The largest absolute Gasteiger partial charge is 0.468 e. The number of ether oxygens (including phenoxy) is 1. The fraction of sp³-hybridized carbons (Fsp3) is 0.333. The minimum absolute atomic E-state index is 0.0197. The standard InChI is InChI=1S/C18H20N4O2/c1-2-7-20-15(4-1)13-22-12-14-6-9-24-17(18(14)21-22)11-19-10-16-5-3-8-23-16/h1-5,7-8,12,17,19H,6,9-11,13H2/t17-/m1/s1. The topological polar surface area (TPSA) is 65.1 Å². The molecule has 6 nitrogen and oxygen atoms in total. The molecule has 1 N–H and O–H groups in total. The molecule has 0 aliphatic carbocycles. The van der Waals surface area contributed by atoms with Crippen LogP contribution in [0.5, 0.6) is 0 Å². The average Bonchev–Trinajstić information content (AvgIpc) is 3.25. The summed E-state index contributed by atoms with van der Waals surface area (Å²) in [6, 6.07) is 9.79. The van der Waals surface area contributed by atoms with Crippen molar-refractivity contribution in [1.82, 2.24) is 20.1 Å². The quantitative estimate of drug-likeness (QED) is 0.754. The molecule has 4 rings (SSSR count). The number of pyridine rings is 1. The second-order valence-electron chi connectivity index (χ2n) is 5.88. The summed E-state index contributed by atoms with van der Waals surface area (Å²) >= 11 is 0. The predicted molar refractivity (Wildman–Crippen MR) is 88.4 cm³/mol. The summed E-state index contributed by atoms with van der Waals surface area (Å²) in [7, 11) is 0. The molecular formula is C18H20N4O2. The lowest BCUT2D eigenvalue weighted by atomic mass is 10.1. The highest BCUT2D eigenvalue weighted by atomic mass is 16.5. The van der Waals surface area contributed by atoms with E-state index in [2.05, 4.69) is 16.5 Å². The zero-order chi connectivity index (χ0) is 16.2. The van der Waals surface area contributed by atoms with Gasteiger partial charge in [0.05, 0.1) is 37.3 Å². The Morgan fingerprint density at radius 1 is 1.25 bits per heavy atom. The van der Waals surface area contributed by atoms with Crippen LogP contribution >= 0.6 is 0 Å². The second kappa shape index (κ2) is 6.98. The molecule has 4 heterocycles. The molecule has 1 aliphatic heterocycles. The van der Waals surface area contributed by atoms with Crippen molar-refractivity contribution < 1.29 is 9.15 Å². The van der Waals surface area contributed by atoms with Gasteiger partial charge < -0.3 is 14.5 Å². The number of nitrogens with zero attached hydrogens (tertiary/aromatic N) is 3. The van der Waals surface area contributed by atoms with Crippen LogP contribution in [-0.4, -0.2) is 27.9 Å². The van der Waals surface area contributed by atoms with Gasteiger partial charge in [-0.2, -0.15) is 5.10 Å². The van der Waals surface area contributed by atoms with Crippen LogP contribution < -0.4 is 5.32 Å². The van der Waals surface area contributed by atoms with Gasteiger partial charge in [-0.3, -0.25) is 9.67 Å². The molecule has 3 aromatic rings. The van der Waals surface area contributed by atoms with Crippen LogP contribution in [0.3, 0.4) is 0 Å². The molecule has 0 unspecified atom stereocenters. The molecule has 3 aromatic heterocycles. The monoisotopic (exact) mass is 324 g/mol. The summed E-state index contributed by atoms with van der Waals surface area (Å²) in [4.78, 5) is 4.36. The highest BCUT2D eigenvalue weighted by molar-refractivity contribution is 5.23. The molecule has 0 saturated carbocycles.